The second kappa shape index (κ2) is 7.21. The quantitative estimate of drug-likeness (QED) is 0.505. The normalized spacial score (nSPS) is 10.8. The molecule has 0 radical (unpaired) electrons. The Balaban J connectivity index is 1.63. The average molecular weight is 388 g/mol. The highest BCUT2D eigenvalue weighted by Crippen LogP contribution is 2.34. The smallest absolute Gasteiger partial charge is 0.267 e. The summed E-state index contributed by atoms with van der Waals surface area (Å²) in [5.74, 6) is -0.329. The molecular formula is C21H16N4O2S. The number of pyridine rings is 2. The van der Waals surface area contributed by atoms with Crippen LogP contribution in [0.15, 0.2) is 60.9 Å². The Bertz CT molecular complexity index is 1180. The summed E-state index contributed by atoms with van der Waals surface area (Å²) in [5.41, 5.74) is 9.53. The molecule has 0 aliphatic carbocycles. The molecule has 4 rings (SSSR count). The number of carbonyl (C=O) groups excluding carboxylic acids is 2. The fourth-order valence-electron chi connectivity index (χ4n) is 2.83. The molecule has 4 aromatic rings. The predicted octanol–water partition coefficient (Wildman–Crippen LogP) is 4.40. The molecule has 1 amide bonds. The second-order valence-electron chi connectivity index (χ2n) is 6.22. The van der Waals surface area contributed by atoms with Crippen LogP contribution in [0.3, 0.4) is 0 Å². The lowest BCUT2D eigenvalue weighted by atomic mass is 10.1. The Labute approximate surface area is 165 Å². The molecule has 1 aromatic carbocycles. The highest BCUT2D eigenvalue weighted by molar-refractivity contribution is 7.21. The summed E-state index contributed by atoms with van der Waals surface area (Å²) in [7, 11) is 0. The molecule has 0 bridgehead atoms. The van der Waals surface area contributed by atoms with Crippen LogP contribution < -0.4 is 11.1 Å². The molecule has 3 aromatic heterocycles. The van der Waals surface area contributed by atoms with E-state index in [1.165, 1.54) is 18.3 Å². The standard InChI is InChI=1S/C21H16N4O2S/c1-12(26)13-2-4-15(5-3-13)24-20(27)19-18(22)16-6-7-17(25-21(16)28-19)14-8-10-23-11-9-14/h2-11H,22H2,1H3,(H,24,27). The number of Topliss-reactive ketones (excluding diaryl/α,β-unsaturated/α-hetero) is 1. The minimum atomic E-state index is -0.304. The van der Waals surface area contributed by atoms with Gasteiger partial charge in [0.1, 0.15) is 9.71 Å². The zero-order valence-corrected chi connectivity index (χ0v) is 15.8. The molecule has 3 heterocycles. The number of nitrogen functional groups attached to an aromatic ring is 1. The topological polar surface area (TPSA) is 98.0 Å². The van der Waals surface area contributed by atoms with E-state index in [9.17, 15) is 9.59 Å². The number of carbonyl (C=O) groups is 2. The number of fused-ring (bicyclic) bond motifs is 1. The van der Waals surface area contributed by atoms with Crippen molar-refractivity contribution in [2.24, 2.45) is 0 Å². The lowest BCUT2D eigenvalue weighted by molar-refractivity contribution is 0.101. The molecule has 7 heteroatoms. The van der Waals surface area contributed by atoms with Crippen LogP contribution in [-0.4, -0.2) is 21.7 Å². The van der Waals surface area contributed by atoms with E-state index < -0.39 is 0 Å². The van der Waals surface area contributed by atoms with Crippen LogP contribution in [0.2, 0.25) is 0 Å². The number of hydrogen-bond acceptors (Lipinski definition) is 6. The largest absolute Gasteiger partial charge is 0.397 e. The highest BCUT2D eigenvalue weighted by Gasteiger charge is 2.18. The van der Waals surface area contributed by atoms with Gasteiger partial charge < -0.3 is 11.1 Å². The molecule has 0 unspecified atom stereocenters. The van der Waals surface area contributed by atoms with Gasteiger partial charge in [0.05, 0.1) is 11.4 Å². The molecular weight excluding hydrogens is 372 g/mol. The zero-order chi connectivity index (χ0) is 19.7. The molecule has 0 fully saturated rings. The third-order valence-electron chi connectivity index (χ3n) is 4.33. The van der Waals surface area contributed by atoms with Crippen LogP contribution in [-0.2, 0) is 0 Å². The molecule has 6 nitrogen and oxygen atoms in total. The second-order valence-corrected chi connectivity index (χ2v) is 7.22. The van der Waals surface area contributed by atoms with E-state index in [0.717, 1.165) is 16.6 Å². The Kier molecular flexibility index (Phi) is 4.58. The van der Waals surface area contributed by atoms with Gasteiger partial charge in [0.15, 0.2) is 5.78 Å². The first-order valence-electron chi connectivity index (χ1n) is 8.54. The van der Waals surface area contributed by atoms with Gasteiger partial charge in [-0.05, 0) is 55.5 Å². The van der Waals surface area contributed by atoms with Crippen molar-refractivity contribution in [3.63, 3.8) is 0 Å². The van der Waals surface area contributed by atoms with Gasteiger partial charge in [0.25, 0.3) is 5.91 Å². The highest BCUT2D eigenvalue weighted by atomic mass is 32.1. The van der Waals surface area contributed by atoms with E-state index in [4.69, 9.17) is 5.73 Å². The predicted molar refractivity (Wildman–Crippen MR) is 112 cm³/mol. The van der Waals surface area contributed by atoms with Gasteiger partial charge in [-0.1, -0.05) is 0 Å². The van der Waals surface area contributed by atoms with Gasteiger partial charge in [-0.3, -0.25) is 14.6 Å². The SMILES string of the molecule is CC(=O)c1ccc(NC(=O)c2sc3nc(-c4ccncc4)ccc3c2N)cc1. The van der Waals surface area contributed by atoms with Gasteiger partial charge in [-0.25, -0.2) is 4.98 Å². The molecule has 0 spiro atoms. The van der Waals surface area contributed by atoms with Crippen LogP contribution in [0.5, 0.6) is 0 Å². The number of nitrogens with two attached hydrogens (primary N) is 1. The number of aromatic nitrogens is 2. The van der Waals surface area contributed by atoms with Crippen molar-refractivity contribution in [3.8, 4) is 11.3 Å². The number of nitrogens with zero attached hydrogens (tertiary/aromatic N) is 2. The van der Waals surface area contributed by atoms with Crippen molar-refractivity contribution in [2.45, 2.75) is 6.92 Å². The van der Waals surface area contributed by atoms with E-state index in [1.807, 2.05) is 24.3 Å². The number of anilines is 2. The fourth-order valence-corrected chi connectivity index (χ4v) is 3.81. The van der Waals surface area contributed by atoms with Crippen molar-refractivity contribution in [1.29, 1.82) is 0 Å². The summed E-state index contributed by atoms with van der Waals surface area (Å²) in [6.07, 6.45) is 3.42. The van der Waals surface area contributed by atoms with Crippen LogP contribution in [0, 0.1) is 0 Å². The number of hydrogen-bond donors (Lipinski definition) is 2. The van der Waals surface area contributed by atoms with Crippen LogP contribution in [0.25, 0.3) is 21.5 Å². The van der Waals surface area contributed by atoms with Crippen LogP contribution in [0.4, 0.5) is 11.4 Å². The van der Waals surface area contributed by atoms with Gasteiger partial charge in [0, 0.05) is 34.6 Å². The van der Waals surface area contributed by atoms with Crippen molar-refractivity contribution in [3.05, 3.63) is 71.4 Å². The van der Waals surface area contributed by atoms with E-state index in [-0.39, 0.29) is 11.7 Å². The van der Waals surface area contributed by atoms with E-state index in [0.29, 0.717) is 26.6 Å². The van der Waals surface area contributed by atoms with Crippen molar-refractivity contribution >= 4 is 44.6 Å². The lowest BCUT2D eigenvalue weighted by Gasteiger charge is -2.05. The lowest BCUT2D eigenvalue weighted by Crippen LogP contribution is -2.12. The van der Waals surface area contributed by atoms with Gasteiger partial charge in [-0.15, -0.1) is 11.3 Å². The number of benzene rings is 1. The third kappa shape index (κ3) is 3.35. The summed E-state index contributed by atoms with van der Waals surface area (Å²) in [6.45, 7) is 1.50. The number of amides is 1. The Morgan fingerprint density at radius 1 is 1.00 bits per heavy atom. The van der Waals surface area contributed by atoms with E-state index in [2.05, 4.69) is 15.3 Å². The van der Waals surface area contributed by atoms with Crippen molar-refractivity contribution in [1.82, 2.24) is 9.97 Å². The molecule has 28 heavy (non-hydrogen) atoms. The van der Waals surface area contributed by atoms with Crippen LogP contribution in [0.1, 0.15) is 27.0 Å². The van der Waals surface area contributed by atoms with Crippen molar-refractivity contribution in [2.75, 3.05) is 11.1 Å². The zero-order valence-electron chi connectivity index (χ0n) is 15.0. The van der Waals surface area contributed by atoms with Crippen LogP contribution >= 0.6 is 11.3 Å². The average Bonchev–Trinajstić information content (AvgIpc) is 3.05. The van der Waals surface area contributed by atoms with Crippen molar-refractivity contribution < 1.29 is 9.59 Å². The Hall–Kier alpha value is -3.58. The molecule has 0 aliphatic rings. The Morgan fingerprint density at radius 3 is 2.39 bits per heavy atom. The fraction of sp³-hybridized carbons (Fsp3) is 0.0476. The van der Waals surface area contributed by atoms with Gasteiger partial charge >= 0.3 is 0 Å². The summed E-state index contributed by atoms with van der Waals surface area (Å²) in [4.78, 5) is 33.8. The maximum absolute atomic E-state index is 12.7. The summed E-state index contributed by atoms with van der Waals surface area (Å²) in [5, 5.41) is 3.57. The first-order chi connectivity index (χ1) is 13.5. The third-order valence-corrected chi connectivity index (χ3v) is 5.44. The molecule has 3 N–H and O–H groups in total. The number of ketones is 1. The van der Waals surface area contributed by atoms with Gasteiger partial charge in [0.2, 0.25) is 0 Å². The number of thiophene rings is 1. The summed E-state index contributed by atoms with van der Waals surface area (Å²) < 4.78 is 0. The molecule has 0 saturated carbocycles. The summed E-state index contributed by atoms with van der Waals surface area (Å²) in [6, 6.07) is 14.2. The number of rotatable bonds is 4. The minimum absolute atomic E-state index is 0.0253. The molecule has 138 valence electrons. The molecule has 0 aliphatic heterocycles. The Morgan fingerprint density at radius 2 is 1.71 bits per heavy atom. The summed E-state index contributed by atoms with van der Waals surface area (Å²) >= 11 is 1.25. The van der Waals surface area contributed by atoms with E-state index in [1.54, 1.807) is 36.7 Å². The maximum atomic E-state index is 12.7. The van der Waals surface area contributed by atoms with E-state index >= 15 is 0 Å². The molecule has 0 atom stereocenters. The number of nitrogens with one attached hydrogen (secondary N) is 1. The maximum Gasteiger partial charge on any atom is 0.267 e. The van der Waals surface area contributed by atoms with Gasteiger partial charge in [-0.2, -0.15) is 0 Å². The first-order valence-corrected chi connectivity index (χ1v) is 9.36. The molecule has 0 saturated heterocycles. The minimum Gasteiger partial charge on any atom is -0.397 e. The monoisotopic (exact) mass is 388 g/mol. The first kappa shape index (κ1) is 17.8.